The molecule has 2 saturated carbocycles. The van der Waals surface area contributed by atoms with Gasteiger partial charge in [0, 0.05) is 17.8 Å². The molecule has 26 heavy (non-hydrogen) atoms. The molecule has 7 atom stereocenters. The molecule has 0 aromatic rings. The van der Waals surface area contributed by atoms with Gasteiger partial charge in [0.2, 0.25) is 0 Å². The Balaban J connectivity index is 1.78. The molecule has 2 fully saturated rings. The van der Waals surface area contributed by atoms with Crippen LogP contribution in [0.25, 0.3) is 0 Å². The summed E-state index contributed by atoms with van der Waals surface area (Å²) in [5.74, 6) is -0.290. The van der Waals surface area contributed by atoms with E-state index in [2.05, 4.69) is 13.0 Å². The molecular weight excluding hydrogens is 332 g/mol. The van der Waals surface area contributed by atoms with Crippen molar-refractivity contribution in [2.45, 2.75) is 57.7 Å². The van der Waals surface area contributed by atoms with Crippen LogP contribution in [0.15, 0.2) is 23.8 Å². The van der Waals surface area contributed by atoms with Crippen LogP contribution in [0, 0.1) is 28.6 Å². The molecule has 0 heterocycles. The van der Waals surface area contributed by atoms with Gasteiger partial charge in [0.15, 0.2) is 11.6 Å². The number of carbonyl (C=O) groups excluding carboxylic acids is 2. The van der Waals surface area contributed by atoms with Gasteiger partial charge in [0.25, 0.3) is 0 Å². The largest absolute Gasteiger partial charge is 0.393 e. The molecule has 4 aliphatic rings. The molecule has 0 unspecified atom stereocenters. The number of carbonyl (C=O) groups is 2. The summed E-state index contributed by atoms with van der Waals surface area (Å²) in [4.78, 5) is 24.2. The standard InChI is InChI=1S/C21H28O5/c1-19-7-5-13(23)9-12(19)3-4-14-15-6-8-21(26,17(25)11-22)20(15,2)10-16(24)18(14)19/h3-4,9,14-16,18,22,24,26H,5-8,10-11H2,1-2H3/t14-,15-,16-,18+,19-,20+,21+/m0/s1. The number of hydrogen-bond acceptors (Lipinski definition) is 5. The Morgan fingerprint density at radius 3 is 2.73 bits per heavy atom. The maximum Gasteiger partial charge on any atom is 0.190 e. The Labute approximate surface area is 153 Å². The average molecular weight is 360 g/mol. The van der Waals surface area contributed by atoms with Crippen LogP contribution in [0.4, 0.5) is 0 Å². The first kappa shape index (κ1) is 18.1. The van der Waals surface area contributed by atoms with Crippen molar-refractivity contribution in [3.05, 3.63) is 23.8 Å². The van der Waals surface area contributed by atoms with Gasteiger partial charge in [-0.1, -0.05) is 26.0 Å². The Bertz CT molecular complexity index is 724. The van der Waals surface area contributed by atoms with Crippen molar-refractivity contribution in [2.24, 2.45) is 28.6 Å². The fourth-order valence-electron chi connectivity index (χ4n) is 6.72. The lowest BCUT2D eigenvalue weighted by Crippen LogP contribution is -2.61. The van der Waals surface area contributed by atoms with Gasteiger partial charge in [-0.05, 0) is 54.6 Å². The lowest BCUT2D eigenvalue weighted by atomic mass is 9.47. The predicted octanol–water partition coefficient (Wildman–Crippen LogP) is 1.56. The molecule has 4 rings (SSSR count). The lowest BCUT2D eigenvalue weighted by molar-refractivity contribution is -0.174. The van der Waals surface area contributed by atoms with E-state index in [0.717, 1.165) is 12.0 Å². The number of Topliss-reactive ketones (excluding diaryl/α,β-unsaturated/α-hetero) is 1. The van der Waals surface area contributed by atoms with Gasteiger partial charge in [-0.3, -0.25) is 9.59 Å². The van der Waals surface area contributed by atoms with Crippen LogP contribution in [0.5, 0.6) is 0 Å². The molecule has 142 valence electrons. The van der Waals surface area contributed by atoms with E-state index in [4.69, 9.17) is 0 Å². The van der Waals surface area contributed by atoms with Gasteiger partial charge >= 0.3 is 0 Å². The number of hydrogen-bond donors (Lipinski definition) is 3. The molecule has 5 nitrogen and oxygen atoms in total. The first-order chi connectivity index (χ1) is 12.2. The normalized spacial score (nSPS) is 49.9. The number of allylic oxidation sites excluding steroid dienone is 4. The number of rotatable bonds is 2. The Morgan fingerprint density at radius 2 is 2.04 bits per heavy atom. The Morgan fingerprint density at radius 1 is 1.31 bits per heavy atom. The summed E-state index contributed by atoms with van der Waals surface area (Å²) in [5.41, 5.74) is -1.58. The van der Waals surface area contributed by atoms with Gasteiger partial charge in [0.1, 0.15) is 12.2 Å². The van der Waals surface area contributed by atoms with Gasteiger partial charge in [-0.25, -0.2) is 0 Å². The molecule has 5 heteroatoms. The van der Waals surface area contributed by atoms with E-state index < -0.39 is 29.5 Å². The van der Waals surface area contributed by atoms with E-state index in [1.807, 2.05) is 13.0 Å². The summed E-state index contributed by atoms with van der Waals surface area (Å²) in [6, 6.07) is 0. The zero-order valence-corrected chi connectivity index (χ0v) is 15.4. The lowest BCUT2D eigenvalue weighted by Gasteiger charge is -2.58. The zero-order chi connectivity index (χ0) is 18.9. The summed E-state index contributed by atoms with van der Waals surface area (Å²) in [7, 11) is 0. The smallest absolute Gasteiger partial charge is 0.190 e. The minimum atomic E-state index is -1.58. The van der Waals surface area contributed by atoms with Gasteiger partial charge in [-0.15, -0.1) is 0 Å². The first-order valence-corrected chi connectivity index (χ1v) is 9.65. The van der Waals surface area contributed by atoms with Crippen LogP contribution >= 0.6 is 0 Å². The van der Waals surface area contributed by atoms with E-state index in [-0.39, 0.29) is 29.0 Å². The van der Waals surface area contributed by atoms with Gasteiger partial charge < -0.3 is 15.3 Å². The molecule has 0 radical (unpaired) electrons. The van der Waals surface area contributed by atoms with Crippen molar-refractivity contribution in [2.75, 3.05) is 6.61 Å². The van der Waals surface area contributed by atoms with Crippen LogP contribution in [-0.4, -0.2) is 45.2 Å². The number of fused-ring (bicyclic) bond motifs is 5. The highest BCUT2D eigenvalue weighted by molar-refractivity contribution is 5.92. The van der Waals surface area contributed by atoms with Gasteiger partial charge in [0.05, 0.1) is 6.10 Å². The molecular formula is C21H28O5. The summed E-state index contributed by atoms with van der Waals surface area (Å²) in [5, 5.41) is 31.7. The summed E-state index contributed by atoms with van der Waals surface area (Å²) in [6.45, 7) is 3.35. The van der Waals surface area contributed by atoms with E-state index in [9.17, 15) is 24.9 Å². The first-order valence-electron chi connectivity index (χ1n) is 9.65. The third-order valence-electron chi connectivity index (χ3n) is 8.21. The SMILES string of the molecule is C[C@]12CCC(=O)C=C1C=C[C@@H]1[C@@H]2[C@@H](O)C[C@]2(C)[C@H]1CC[C@@]2(O)C(=O)CO. The fraction of sp³-hybridized carbons (Fsp3) is 0.714. The Kier molecular flexibility index (Phi) is 3.89. The molecule has 0 aliphatic heterocycles. The predicted molar refractivity (Wildman–Crippen MR) is 95.0 cm³/mol. The molecule has 4 aliphatic carbocycles. The minimum Gasteiger partial charge on any atom is -0.393 e. The Hall–Kier alpha value is -1.30. The molecule has 0 amide bonds. The summed E-state index contributed by atoms with van der Waals surface area (Å²) >= 11 is 0. The van der Waals surface area contributed by atoms with Crippen LogP contribution in [0.1, 0.15) is 46.0 Å². The van der Waals surface area contributed by atoms with Crippen molar-refractivity contribution in [1.29, 1.82) is 0 Å². The number of aliphatic hydroxyl groups excluding tert-OH is 2. The molecule has 0 aromatic carbocycles. The van der Waals surface area contributed by atoms with Crippen LogP contribution < -0.4 is 0 Å². The van der Waals surface area contributed by atoms with Crippen molar-refractivity contribution in [3.8, 4) is 0 Å². The highest BCUT2D eigenvalue weighted by Gasteiger charge is 2.67. The summed E-state index contributed by atoms with van der Waals surface area (Å²) < 4.78 is 0. The second-order valence-corrected chi connectivity index (χ2v) is 9.22. The van der Waals surface area contributed by atoms with Crippen molar-refractivity contribution >= 4 is 11.6 Å². The molecule has 0 bridgehead atoms. The van der Waals surface area contributed by atoms with Crippen LogP contribution in [0.2, 0.25) is 0 Å². The minimum absolute atomic E-state index is 0.0171. The van der Waals surface area contributed by atoms with Crippen molar-refractivity contribution < 1.29 is 24.9 Å². The highest BCUT2D eigenvalue weighted by atomic mass is 16.3. The quantitative estimate of drug-likeness (QED) is 0.695. The number of ketones is 2. The fourth-order valence-corrected chi connectivity index (χ4v) is 6.72. The maximum atomic E-state index is 12.3. The van der Waals surface area contributed by atoms with E-state index >= 15 is 0 Å². The van der Waals surface area contributed by atoms with Crippen molar-refractivity contribution in [1.82, 2.24) is 0 Å². The van der Waals surface area contributed by atoms with Crippen molar-refractivity contribution in [3.63, 3.8) is 0 Å². The second-order valence-electron chi connectivity index (χ2n) is 9.22. The van der Waals surface area contributed by atoms with E-state index in [1.54, 1.807) is 6.08 Å². The number of aliphatic hydroxyl groups is 3. The molecule has 0 spiro atoms. The monoisotopic (exact) mass is 360 g/mol. The van der Waals surface area contributed by atoms with Crippen LogP contribution in [0.3, 0.4) is 0 Å². The topological polar surface area (TPSA) is 94.8 Å². The van der Waals surface area contributed by atoms with Gasteiger partial charge in [-0.2, -0.15) is 0 Å². The third-order valence-corrected chi connectivity index (χ3v) is 8.21. The summed E-state index contributed by atoms with van der Waals surface area (Å²) in [6.07, 6.45) is 7.74. The third kappa shape index (κ3) is 2.08. The van der Waals surface area contributed by atoms with E-state index in [1.165, 1.54) is 0 Å². The molecule has 0 aromatic heterocycles. The van der Waals surface area contributed by atoms with Crippen LogP contribution in [-0.2, 0) is 9.59 Å². The van der Waals surface area contributed by atoms with E-state index in [0.29, 0.717) is 25.7 Å². The molecule has 3 N–H and O–H groups in total. The molecule has 0 saturated heterocycles. The zero-order valence-electron chi connectivity index (χ0n) is 15.4. The maximum absolute atomic E-state index is 12.3. The average Bonchev–Trinajstić information content (AvgIpc) is 2.86. The highest BCUT2D eigenvalue weighted by Crippen LogP contribution is 2.66. The second kappa shape index (κ2) is 5.60.